The number of nitrogens with one attached hydrogen (secondary N) is 1. The van der Waals surface area contributed by atoms with Crippen LogP contribution in [0.2, 0.25) is 0 Å². The molecule has 2 heterocycles. The Morgan fingerprint density at radius 3 is 2.86 bits per heavy atom. The van der Waals surface area contributed by atoms with E-state index in [4.69, 9.17) is 4.74 Å². The largest absolute Gasteiger partial charge is 0.373 e. The zero-order chi connectivity index (χ0) is 16.1. The van der Waals surface area contributed by atoms with Gasteiger partial charge in [-0.25, -0.2) is 4.79 Å². The SMILES string of the molecule is CCn1nc(C)c(CNC(=O)N2CCOC(CN(C)C)C2)n1. The number of urea groups is 1. The van der Waals surface area contributed by atoms with Gasteiger partial charge in [0.15, 0.2) is 0 Å². The Bertz CT molecular complexity index is 502. The summed E-state index contributed by atoms with van der Waals surface area (Å²) in [5.41, 5.74) is 1.67. The highest BCUT2D eigenvalue weighted by Gasteiger charge is 2.24. The third kappa shape index (κ3) is 4.41. The fraction of sp³-hybridized carbons (Fsp3) is 0.786. The van der Waals surface area contributed by atoms with Crippen molar-refractivity contribution in [1.82, 2.24) is 30.1 Å². The van der Waals surface area contributed by atoms with Crippen molar-refractivity contribution < 1.29 is 9.53 Å². The summed E-state index contributed by atoms with van der Waals surface area (Å²) in [5, 5.41) is 11.5. The summed E-state index contributed by atoms with van der Waals surface area (Å²) in [4.78, 5) is 17.8. The van der Waals surface area contributed by atoms with E-state index >= 15 is 0 Å². The molecule has 1 N–H and O–H groups in total. The molecular weight excluding hydrogens is 284 g/mol. The fourth-order valence-electron chi connectivity index (χ4n) is 2.46. The van der Waals surface area contributed by atoms with E-state index in [2.05, 4.69) is 20.4 Å². The lowest BCUT2D eigenvalue weighted by atomic mass is 10.2. The minimum atomic E-state index is -0.0718. The van der Waals surface area contributed by atoms with Gasteiger partial charge in [0.05, 0.1) is 31.5 Å². The molecule has 124 valence electrons. The molecule has 1 aromatic rings. The van der Waals surface area contributed by atoms with Gasteiger partial charge in [0, 0.05) is 19.6 Å². The molecule has 1 saturated heterocycles. The van der Waals surface area contributed by atoms with Crippen LogP contribution in [-0.2, 0) is 17.8 Å². The second-order valence-corrected chi connectivity index (χ2v) is 5.78. The summed E-state index contributed by atoms with van der Waals surface area (Å²) < 4.78 is 5.68. The Labute approximate surface area is 131 Å². The summed E-state index contributed by atoms with van der Waals surface area (Å²) in [6.45, 7) is 7.65. The van der Waals surface area contributed by atoms with Crippen LogP contribution in [0.4, 0.5) is 4.79 Å². The van der Waals surface area contributed by atoms with Gasteiger partial charge in [0.25, 0.3) is 0 Å². The molecular formula is C14H26N6O2. The highest BCUT2D eigenvalue weighted by atomic mass is 16.5. The first-order valence-corrected chi connectivity index (χ1v) is 7.69. The van der Waals surface area contributed by atoms with Crippen molar-refractivity contribution in [3.8, 4) is 0 Å². The lowest BCUT2D eigenvalue weighted by Gasteiger charge is -2.34. The average Bonchev–Trinajstić information content (AvgIpc) is 2.85. The molecule has 1 fully saturated rings. The minimum absolute atomic E-state index is 0.0669. The lowest BCUT2D eigenvalue weighted by molar-refractivity contribution is -0.0246. The average molecular weight is 310 g/mol. The van der Waals surface area contributed by atoms with Crippen LogP contribution in [0.3, 0.4) is 0 Å². The van der Waals surface area contributed by atoms with E-state index < -0.39 is 0 Å². The molecule has 0 spiro atoms. The van der Waals surface area contributed by atoms with Gasteiger partial charge in [-0.2, -0.15) is 15.0 Å². The number of carbonyl (C=O) groups is 1. The van der Waals surface area contributed by atoms with E-state index in [1.807, 2.05) is 27.9 Å². The number of likely N-dealkylation sites (N-methyl/N-ethyl adjacent to an activating group) is 1. The molecule has 22 heavy (non-hydrogen) atoms. The maximum atomic E-state index is 12.3. The van der Waals surface area contributed by atoms with Crippen molar-refractivity contribution in [2.75, 3.05) is 40.3 Å². The number of hydrogen-bond acceptors (Lipinski definition) is 5. The number of carbonyl (C=O) groups excluding carboxylic acids is 1. The van der Waals surface area contributed by atoms with Crippen molar-refractivity contribution in [1.29, 1.82) is 0 Å². The highest BCUT2D eigenvalue weighted by Crippen LogP contribution is 2.07. The molecule has 1 atom stereocenters. The summed E-state index contributed by atoms with van der Waals surface area (Å²) in [5.74, 6) is 0. The molecule has 2 amide bonds. The first-order chi connectivity index (χ1) is 10.5. The van der Waals surface area contributed by atoms with Crippen molar-refractivity contribution in [2.45, 2.75) is 33.0 Å². The fourth-order valence-corrected chi connectivity index (χ4v) is 2.46. The van der Waals surface area contributed by atoms with Crippen molar-refractivity contribution >= 4 is 6.03 Å². The molecule has 0 bridgehead atoms. The van der Waals surface area contributed by atoms with E-state index in [1.165, 1.54) is 0 Å². The van der Waals surface area contributed by atoms with Crippen LogP contribution in [0.1, 0.15) is 18.3 Å². The number of rotatable bonds is 5. The number of amides is 2. The smallest absolute Gasteiger partial charge is 0.317 e. The molecule has 8 heteroatoms. The Morgan fingerprint density at radius 1 is 1.45 bits per heavy atom. The number of aromatic nitrogens is 3. The number of ether oxygens (including phenoxy) is 1. The molecule has 0 aliphatic carbocycles. The quantitative estimate of drug-likeness (QED) is 0.833. The van der Waals surface area contributed by atoms with E-state index in [-0.39, 0.29) is 12.1 Å². The molecule has 1 unspecified atom stereocenters. The van der Waals surface area contributed by atoms with Gasteiger partial charge in [-0.05, 0) is 27.9 Å². The third-order valence-electron chi connectivity index (χ3n) is 3.60. The van der Waals surface area contributed by atoms with Crippen molar-refractivity contribution in [2.24, 2.45) is 0 Å². The first-order valence-electron chi connectivity index (χ1n) is 7.69. The molecule has 0 aromatic carbocycles. The molecule has 1 aliphatic rings. The Morgan fingerprint density at radius 2 is 2.23 bits per heavy atom. The molecule has 1 aliphatic heterocycles. The second-order valence-electron chi connectivity index (χ2n) is 5.78. The van der Waals surface area contributed by atoms with Gasteiger partial charge in [0.1, 0.15) is 5.69 Å². The molecule has 0 saturated carbocycles. The van der Waals surface area contributed by atoms with Crippen molar-refractivity contribution in [3.63, 3.8) is 0 Å². The van der Waals surface area contributed by atoms with E-state index in [1.54, 1.807) is 9.70 Å². The first kappa shape index (κ1) is 16.7. The zero-order valence-electron chi connectivity index (χ0n) is 13.9. The van der Waals surface area contributed by atoms with Gasteiger partial charge in [-0.3, -0.25) is 0 Å². The van der Waals surface area contributed by atoms with E-state index in [9.17, 15) is 4.79 Å². The number of nitrogens with zero attached hydrogens (tertiary/aromatic N) is 5. The lowest BCUT2D eigenvalue weighted by Crippen LogP contribution is -2.51. The monoisotopic (exact) mass is 310 g/mol. The number of aryl methyl sites for hydroxylation is 2. The summed E-state index contributed by atoms with van der Waals surface area (Å²) in [7, 11) is 4.00. The topological polar surface area (TPSA) is 75.5 Å². The summed E-state index contributed by atoms with van der Waals surface area (Å²) >= 11 is 0. The minimum Gasteiger partial charge on any atom is -0.373 e. The third-order valence-corrected chi connectivity index (χ3v) is 3.60. The number of hydrogen-bond donors (Lipinski definition) is 1. The normalized spacial score (nSPS) is 18.8. The van der Waals surface area contributed by atoms with Crippen LogP contribution in [0.5, 0.6) is 0 Å². The van der Waals surface area contributed by atoms with Gasteiger partial charge in [-0.15, -0.1) is 0 Å². The standard InChI is InChI=1S/C14H26N6O2/c1-5-20-16-11(2)13(17-20)8-15-14(21)19-6-7-22-12(10-19)9-18(3)4/h12H,5-10H2,1-4H3,(H,15,21). The van der Waals surface area contributed by atoms with Crippen LogP contribution in [0.25, 0.3) is 0 Å². The Kier molecular flexibility index (Phi) is 5.73. The zero-order valence-corrected chi connectivity index (χ0v) is 13.9. The van der Waals surface area contributed by atoms with Gasteiger partial charge in [-0.1, -0.05) is 0 Å². The van der Waals surface area contributed by atoms with E-state index in [0.717, 1.165) is 24.5 Å². The second kappa shape index (κ2) is 7.55. The maximum absolute atomic E-state index is 12.3. The summed E-state index contributed by atoms with van der Waals surface area (Å²) in [6, 6.07) is -0.0718. The van der Waals surface area contributed by atoms with Crippen LogP contribution in [-0.4, -0.2) is 77.3 Å². The number of morpholine rings is 1. The van der Waals surface area contributed by atoms with E-state index in [0.29, 0.717) is 26.2 Å². The predicted octanol–water partition coefficient (Wildman–Crippen LogP) is 0.0784. The Hall–Kier alpha value is -1.67. The van der Waals surface area contributed by atoms with Gasteiger partial charge in [0.2, 0.25) is 0 Å². The van der Waals surface area contributed by atoms with Crippen LogP contribution < -0.4 is 5.32 Å². The molecule has 0 radical (unpaired) electrons. The Balaban J connectivity index is 1.84. The summed E-state index contributed by atoms with van der Waals surface area (Å²) in [6.07, 6.45) is 0.0669. The van der Waals surface area contributed by atoms with Crippen LogP contribution >= 0.6 is 0 Å². The molecule has 8 nitrogen and oxygen atoms in total. The maximum Gasteiger partial charge on any atom is 0.317 e. The van der Waals surface area contributed by atoms with Gasteiger partial charge >= 0.3 is 6.03 Å². The van der Waals surface area contributed by atoms with Crippen LogP contribution in [0.15, 0.2) is 0 Å². The predicted molar refractivity (Wildman–Crippen MR) is 82.5 cm³/mol. The highest BCUT2D eigenvalue weighted by molar-refractivity contribution is 5.74. The van der Waals surface area contributed by atoms with Gasteiger partial charge < -0.3 is 19.9 Å². The molecule has 1 aromatic heterocycles. The van der Waals surface area contributed by atoms with Crippen molar-refractivity contribution in [3.05, 3.63) is 11.4 Å². The molecule has 2 rings (SSSR count). The van der Waals surface area contributed by atoms with Crippen LogP contribution in [0, 0.1) is 6.92 Å².